The standard InChI is InChI=1S/C12H28O3S2Si/c1-3-5-8-14-18(13,15-9-6-4-2)12(11-17)7-10-16/h12-13,16-17H,3-11H2,1-2H3. The van der Waals surface area contributed by atoms with Crippen molar-refractivity contribution in [2.24, 2.45) is 0 Å². The van der Waals surface area contributed by atoms with Gasteiger partial charge in [0.15, 0.2) is 0 Å². The Morgan fingerprint density at radius 2 is 1.56 bits per heavy atom. The minimum atomic E-state index is -3.10. The topological polar surface area (TPSA) is 38.7 Å². The maximum atomic E-state index is 10.7. The van der Waals surface area contributed by atoms with Crippen molar-refractivity contribution in [1.82, 2.24) is 0 Å². The second-order valence-electron chi connectivity index (χ2n) is 4.43. The second kappa shape index (κ2) is 11.6. The summed E-state index contributed by atoms with van der Waals surface area (Å²) in [7, 11) is -3.10. The van der Waals surface area contributed by atoms with E-state index >= 15 is 0 Å². The van der Waals surface area contributed by atoms with Crippen LogP contribution in [0, 0.1) is 0 Å². The Kier molecular flexibility index (Phi) is 12.1. The van der Waals surface area contributed by atoms with Crippen LogP contribution in [0.4, 0.5) is 0 Å². The first-order valence-corrected chi connectivity index (χ1v) is 9.97. The summed E-state index contributed by atoms with van der Waals surface area (Å²) >= 11 is 8.54. The molecule has 0 saturated heterocycles. The Balaban J connectivity index is 4.43. The molecule has 6 heteroatoms. The molecule has 110 valence electrons. The normalized spacial score (nSPS) is 13.8. The molecule has 0 amide bonds. The van der Waals surface area contributed by atoms with Gasteiger partial charge < -0.3 is 13.6 Å². The largest absolute Gasteiger partial charge is 0.502 e. The maximum absolute atomic E-state index is 10.7. The third-order valence-corrected chi connectivity index (χ3v) is 6.63. The van der Waals surface area contributed by atoms with E-state index in [4.69, 9.17) is 8.85 Å². The van der Waals surface area contributed by atoms with E-state index in [2.05, 4.69) is 39.1 Å². The zero-order valence-corrected chi connectivity index (χ0v) is 14.4. The van der Waals surface area contributed by atoms with Crippen molar-refractivity contribution >= 4 is 34.1 Å². The molecule has 1 atom stereocenters. The van der Waals surface area contributed by atoms with Gasteiger partial charge in [0.1, 0.15) is 0 Å². The lowest BCUT2D eigenvalue weighted by Crippen LogP contribution is -2.49. The fraction of sp³-hybridized carbons (Fsp3) is 1.00. The molecule has 0 rings (SSSR count). The van der Waals surface area contributed by atoms with Crippen LogP contribution in [0.25, 0.3) is 0 Å². The van der Waals surface area contributed by atoms with Gasteiger partial charge in [-0.15, -0.1) is 0 Å². The third-order valence-electron chi connectivity index (χ3n) is 2.83. The van der Waals surface area contributed by atoms with Gasteiger partial charge in [-0.3, -0.25) is 0 Å². The van der Waals surface area contributed by atoms with Crippen molar-refractivity contribution in [3.05, 3.63) is 0 Å². The van der Waals surface area contributed by atoms with Crippen LogP contribution >= 0.6 is 25.3 Å². The van der Waals surface area contributed by atoms with Crippen LogP contribution in [-0.4, -0.2) is 38.3 Å². The molecule has 0 aromatic carbocycles. The Hall–Kier alpha value is 0.797. The first-order chi connectivity index (χ1) is 8.64. The first-order valence-electron chi connectivity index (χ1n) is 6.86. The van der Waals surface area contributed by atoms with E-state index in [0.717, 1.165) is 37.9 Å². The van der Waals surface area contributed by atoms with Crippen molar-refractivity contribution in [2.75, 3.05) is 24.7 Å². The van der Waals surface area contributed by atoms with Gasteiger partial charge in [-0.25, -0.2) is 0 Å². The molecule has 0 aliphatic rings. The summed E-state index contributed by atoms with van der Waals surface area (Å²) in [6.45, 7) is 5.35. The Labute approximate surface area is 124 Å². The molecule has 18 heavy (non-hydrogen) atoms. The number of hydrogen-bond donors (Lipinski definition) is 3. The van der Waals surface area contributed by atoms with E-state index < -0.39 is 8.80 Å². The number of unbranched alkanes of at least 4 members (excludes halogenated alkanes) is 2. The van der Waals surface area contributed by atoms with Gasteiger partial charge in [0.25, 0.3) is 0 Å². The molecule has 0 fully saturated rings. The third kappa shape index (κ3) is 7.40. The van der Waals surface area contributed by atoms with Crippen LogP contribution in [0.3, 0.4) is 0 Å². The predicted octanol–water partition coefficient (Wildman–Crippen LogP) is 3.17. The molecule has 1 unspecified atom stereocenters. The first kappa shape index (κ1) is 18.8. The molecule has 0 bridgehead atoms. The Bertz CT molecular complexity index is 186. The summed E-state index contributed by atoms with van der Waals surface area (Å²) in [4.78, 5) is 10.7. The van der Waals surface area contributed by atoms with Gasteiger partial charge >= 0.3 is 8.80 Å². The van der Waals surface area contributed by atoms with Crippen molar-refractivity contribution in [3.63, 3.8) is 0 Å². The Morgan fingerprint density at radius 1 is 1.06 bits per heavy atom. The Morgan fingerprint density at radius 3 is 1.89 bits per heavy atom. The summed E-state index contributed by atoms with van der Waals surface area (Å²) in [6, 6.07) is 0. The van der Waals surface area contributed by atoms with Crippen molar-refractivity contribution < 1.29 is 13.6 Å². The van der Waals surface area contributed by atoms with Gasteiger partial charge in [-0.1, -0.05) is 26.7 Å². The minimum Gasteiger partial charge on any atom is -0.390 e. The molecule has 0 aromatic heterocycles. The van der Waals surface area contributed by atoms with Crippen molar-refractivity contribution in [3.8, 4) is 0 Å². The van der Waals surface area contributed by atoms with E-state index in [1.54, 1.807) is 0 Å². The molecule has 1 N–H and O–H groups in total. The van der Waals surface area contributed by atoms with Crippen molar-refractivity contribution in [1.29, 1.82) is 0 Å². The SMILES string of the molecule is CCCCO[Si](O)(OCCCC)C(CS)CCS. The molecular weight excluding hydrogens is 284 g/mol. The average Bonchev–Trinajstić information content (AvgIpc) is 2.36. The summed E-state index contributed by atoms with van der Waals surface area (Å²) in [5.74, 6) is 1.30. The molecule has 0 aromatic rings. The van der Waals surface area contributed by atoms with E-state index in [1.807, 2.05) is 0 Å². The summed E-state index contributed by atoms with van der Waals surface area (Å²) in [6.07, 6.45) is 4.79. The van der Waals surface area contributed by atoms with Crippen LogP contribution in [-0.2, 0) is 8.85 Å². The monoisotopic (exact) mass is 312 g/mol. The van der Waals surface area contributed by atoms with Gasteiger partial charge in [0, 0.05) is 18.8 Å². The highest BCUT2D eigenvalue weighted by atomic mass is 32.1. The van der Waals surface area contributed by atoms with E-state index in [1.165, 1.54) is 0 Å². The lowest BCUT2D eigenvalue weighted by Gasteiger charge is -2.30. The minimum absolute atomic E-state index is 0.00737. The highest BCUT2D eigenvalue weighted by molar-refractivity contribution is 7.80. The van der Waals surface area contributed by atoms with E-state index in [9.17, 15) is 4.80 Å². The highest BCUT2D eigenvalue weighted by Gasteiger charge is 2.45. The molecule has 0 spiro atoms. The molecule has 0 aliphatic heterocycles. The smallest absolute Gasteiger partial charge is 0.390 e. The lowest BCUT2D eigenvalue weighted by atomic mass is 10.4. The van der Waals surface area contributed by atoms with Crippen LogP contribution in [0.5, 0.6) is 0 Å². The fourth-order valence-electron chi connectivity index (χ4n) is 1.55. The number of thiol groups is 2. The molecule has 0 saturated carbocycles. The van der Waals surface area contributed by atoms with Gasteiger partial charge in [0.05, 0.1) is 0 Å². The molecule has 3 nitrogen and oxygen atoms in total. The fourth-order valence-corrected chi connectivity index (χ4v) is 5.15. The number of rotatable bonds is 12. The van der Waals surface area contributed by atoms with Crippen molar-refractivity contribution in [2.45, 2.75) is 51.5 Å². The van der Waals surface area contributed by atoms with Gasteiger partial charge in [-0.05, 0) is 30.8 Å². The maximum Gasteiger partial charge on any atom is 0.502 e. The van der Waals surface area contributed by atoms with Gasteiger partial charge in [0.2, 0.25) is 0 Å². The van der Waals surface area contributed by atoms with E-state index in [0.29, 0.717) is 19.0 Å². The van der Waals surface area contributed by atoms with E-state index in [-0.39, 0.29) is 5.54 Å². The molecule has 0 heterocycles. The molecule has 0 radical (unpaired) electrons. The highest BCUT2D eigenvalue weighted by Crippen LogP contribution is 2.28. The summed E-state index contributed by atoms with van der Waals surface area (Å²) in [5.41, 5.74) is -0.00737. The lowest BCUT2D eigenvalue weighted by molar-refractivity contribution is 0.0857. The summed E-state index contributed by atoms with van der Waals surface area (Å²) in [5, 5.41) is 0. The van der Waals surface area contributed by atoms with Crippen LogP contribution in [0.1, 0.15) is 46.0 Å². The molecule has 0 aliphatic carbocycles. The average molecular weight is 313 g/mol. The van der Waals surface area contributed by atoms with Crippen LogP contribution < -0.4 is 0 Å². The second-order valence-corrected chi connectivity index (χ2v) is 7.89. The quantitative estimate of drug-likeness (QED) is 0.294. The predicted molar refractivity (Wildman–Crippen MR) is 85.8 cm³/mol. The zero-order chi connectivity index (χ0) is 13.9. The number of hydrogen-bond acceptors (Lipinski definition) is 5. The summed E-state index contributed by atoms with van der Waals surface area (Å²) < 4.78 is 11.4. The zero-order valence-electron chi connectivity index (χ0n) is 11.6. The van der Waals surface area contributed by atoms with Crippen LogP contribution in [0.2, 0.25) is 5.54 Å². The van der Waals surface area contributed by atoms with Crippen LogP contribution in [0.15, 0.2) is 0 Å². The molecular formula is C12H28O3S2Si. The van der Waals surface area contributed by atoms with Gasteiger partial charge in [-0.2, -0.15) is 25.3 Å².